The van der Waals surface area contributed by atoms with Gasteiger partial charge in [0.1, 0.15) is 11.4 Å². The van der Waals surface area contributed by atoms with E-state index in [0.29, 0.717) is 12.4 Å². The summed E-state index contributed by atoms with van der Waals surface area (Å²) in [5.74, 6) is 0.897. The number of hydrogen-bond acceptors (Lipinski definition) is 5. The standard InChI is InChI=1S/C15H25ClN4O2/c1-9(2)11(19-14(21)22-15(4,5)6)8-17-12-10(3)7-18-13(16)20-12/h7,9,11H,8H2,1-6H3,(H,19,21)(H,17,18,20)/t11-/m1/s1. The molecule has 0 aliphatic heterocycles. The first-order valence-corrected chi connectivity index (χ1v) is 7.69. The van der Waals surface area contributed by atoms with Crippen LogP contribution in [0.1, 0.15) is 40.2 Å². The minimum absolute atomic E-state index is 0.0945. The Kier molecular flexibility index (Phi) is 6.41. The lowest BCUT2D eigenvalue weighted by atomic mass is 10.0. The highest BCUT2D eigenvalue weighted by atomic mass is 35.5. The van der Waals surface area contributed by atoms with Crippen LogP contribution >= 0.6 is 11.6 Å². The van der Waals surface area contributed by atoms with Crippen LogP contribution in [0.4, 0.5) is 10.6 Å². The zero-order valence-electron chi connectivity index (χ0n) is 14.0. The number of ether oxygens (including phenoxy) is 1. The van der Waals surface area contributed by atoms with Crippen LogP contribution in [0, 0.1) is 12.8 Å². The van der Waals surface area contributed by atoms with Gasteiger partial charge < -0.3 is 15.4 Å². The lowest BCUT2D eigenvalue weighted by Crippen LogP contribution is -2.45. The molecule has 0 spiro atoms. The molecule has 1 amide bonds. The number of carbonyl (C=O) groups is 1. The topological polar surface area (TPSA) is 76.1 Å². The Hall–Kier alpha value is -1.56. The number of carbonyl (C=O) groups excluding carboxylic acids is 1. The van der Waals surface area contributed by atoms with Crippen LogP contribution in [0.5, 0.6) is 0 Å². The molecule has 22 heavy (non-hydrogen) atoms. The molecule has 0 bridgehead atoms. The summed E-state index contributed by atoms with van der Waals surface area (Å²) in [5, 5.41) is 6.26. The number of rotatable bonds is 5. The molecule has 124 valence electrons. The van der Waals surface area contributed by atoms with Crippen LogP contribution in [0.3, 0.4) is 0 Å². The number of nitrogens with one attached hydrogen (secondary N) is 2. The zero-order valence-corrected chi connectivity index (χ0v) is 14.8. The normalized spacial score (nSPS) is 12.9. The van der Waals surface area contributed by atoms with E-state index >= 15 is 0 Å². The number of hydrogen-bond donors (Lipinski definition) is 2. The van der Waals surface area contributed by atoms with E-state index in [2.05, 4.69) is 20.6 Å². The van der Waals surface area contributed by atoms with E-state index in [0.717, 1.165) is 5.56 Å². The van der Waals surface area contributed by atoms with E-state index in [1.54, 1.807) is 6.20 Å². The van der Waals surface area contributed by atoms with Gasteiger partial charge >= 0.3 is 6.09 Å². The van der Waals surface area contributed by atoms with Gasteiger partial charge in [0.15, 0.2) is 0 Å². The van der Waals surface area contributed by atoms with Crippen LogP contribution in [0.2, 0.25) is 5.28 Å². The fraction of sp³-hybridized carbons (Fsp3) is 0.667. The summed E-state index contributed by atoms with van der Waals surface area (Å²) in [4.78, 5) is 20.0. The molecule has 6 nitrogen and oxygen atoms in total. The summed E-state index contributed by atoms with van der Waals surface area (Å²) >= 11 is 5.80. The number of alkyl carbamates (subject to hydrolysis) is 1. The van der Waals surface area contributed by atoms with Gasteiger partial charge in [-0.25, -0.2) is 14.8 Å². The molecular formula is C15H25ClN4O2. The van der Waals surface area contributed by atoms with E-state index in [1.165, 1.54) is 0 Å². The van der Waals surface area contributed by atoms with Crippen molar-refractivity contribution in [2.24, 2.45) is 5.92 Å². The third-order valence-corrected chi connectivity index (χ3v) is 3.12. The number of nitrogens with zero attached hydrogens (tertiary/aromatic N) is 2. The van der Waals surface area contributed by atoms with Gasteiger partial charge in [0.05, 0.1) is 6.04 Å². The highest BCUT2D eigenvalue weighted by molar-refractivity contribution is 6.28. The molecule has 7 heteroatoms. The van der Waals surface area contributed by atoms with Crippen molar-refractivity contribution in [2.75, 3.05) is 11.9 Å². The molecule has 0 radical (unpaired) electrons. The van der Waals surface area contributed by atoms with Crippen LogP contribution in [0.25, 0.3) is 0 Å². The summed E-state index contributed by atoms with van der Waals surface area (Å²) in [6.45, 7) is 12.0. The fourth-order valence-corrected chi connectivity index (χ4v) is 1.85. The number of amides is 1. The predicted molar refractivity (Wildman–Crippen MR) is 88.3 cm³/mol. The monoisotopic (exact) mass is 328 g/mol. The predicted octanol–water partition coefficient (Wildman–Crippen LogP) is 3.40. The Balaban J connectivity index is 2.65. The van der Waals surface area contributed by atoms with Gasteiger partial charge in [-0.05, 0) is 45.2 Å². The second kappa shape index (κ2) is 7.63. The summed E-state index contributed by atoms with van der Waals surface area (Å²) in [6, 6.07) is -0.0945. The van der Waals surface area contributed by atoms with Crippen molar-refractivity contribution >= 4 is 23.5 Å². The van der Waals surface area contributed by atoms with Gasteiger partial charge in [-0.2, -0.15) is 0 Å². The molecule has 1 aromatic heterocycles. The van der Waals surface area contributed by atoms with E-state index in [1.807, 2.05) is 41.5 Å². The van der Waals surface area contributed by atoms with Crippen LogP contribution in [0.15, 0.2) is 6.20 Å². The Bertz CT molecular complexity index is 515. The van der Waals surface area contributed by atoms with Crippen molar-refractivity contribution in [1.82, 2.24) is 15.3 Å². The maximum Gasteiger partial charge on any atom is 0.407 e. The quantitative estimate of drug-likeness (QED) is 0.810. The van der Waals surface area contributed by atoms with Crippen molar-refractivity contribution in [1.29, 1.82) is 0 Å². The summed E-state index contributed by atoms with van der Waals surface area (Å²) in [6.07, 6.45) is 1.23. The van der Waals surface area contributed by atoms with Gasteiger partial charge in [-0.3, -0.25) is 0 Å². The molecule has 0 saturated carbocycles. The second-order valence-corrected chi connectivity index (χ2v) is 6.89. The first-order valence-electron chi connectivity index (χ1n) is 7.31. The minimum atomic E-state index is -0.518. The molecule has 2 N–H and O–H groups in total. The minimum Gasteiger partial charge on any atom is -0.444 e. The van der Waals surface area contributed by atoms with Crippen LogP contribution < -0.4 is 10.6 Å². The average Bonchev–Trinajstić information content (AvgIpc) is 2.35. The lowest BCUT2D eigenvalue weighted by molar-refractivity contribution is 0.0494. The first kappa shape index (κ1) is 18.5. The smallest absolute Gasteiger partial charge is 0.407 e. The Morgan fingerprint density at radius 1 is 1.41 bits per heavy atom. The molecule has 0 aliphatic rings. The van der Waals surface area contributed by atoms with Crippen molar-refractivity contribution in [2.45, 2.75) is 53.2 Å². The number of aromatic nitrogens is 2. The third-order valence-electron chi connectivity index (χ3n) is 2.94. The van der Waals surface area contributed by atoms with Gasteiger partial charge in [-0.1, -0.05) is 13.8 Å². The molecule has 0 saturated heterocycles. The summed E-state index contributed by atoms with van der Waals surface area (Å²) in [5.41, 5.74) is 0.375. The third kappa shape index (κ3) is 6.47. The van der Waals surface area contributed by atoms with Crippen LogP contribution in [-0.2, 0) is 4.74 Å². The maximum absolute atomic E-state index is 11.9. The Morgan fingerprint density at radius 3 is 2.59 bits per heavy atom. The van der Waals surface area contributed by atoms with E-state index in [-0.39, 0.29) is 17.2 Å². The van der Waals surface area contributed by atoms with Crippen molar-refractivity contribution in [3.8, 4) is 0 Å². The number of anilines is 1. The highest BCUT2D eigenvalue weighted by Gasteiger charge is 2.21. The van der Waals surface area contributed by atoms with E-state index in [9.17, 15) is 4.79 Å². The zero-order chi connectivity index (χ0) is 16.9. The van der Waals surface area contributed by atoms with Crippen molar-refractivity contribution in [3.63, 3.8) is 0 Å². The SMILES string of the molecule is Cc1cnc(Cl)nc1NC[C@@H](NC(=O)OC(C)(C)C)C(C)C. The summed E-state index contributed by atoms with van der Waals surface area (Å²) < 4.78 is 5.29. The molecule has 0 unspecified atom stereocenters. The van der Waals surface area contributed by atoms with Gasteiger partial charge in [0.25, 0.3) is 0 Å². The number of halogens is 1. The number of aryl methyl sites for hydroxylation is 1. The first-order chi connectivity index (χ1) is 10.1. The molecule has 0 aromatic carbocycles. The van der Waals surface area contributed by atoms with Crippen molar-refractivity contribution in [3.05, 3.63) is 17.0 Å². The Labute approximate surface area is 137 Å². The van der Waals surface area contributed by atoms with Gasteiger partial charge in [-0.15, -0.1) is 0 Å². The molecule has 1 aromatic rings. The lowest BCUT2D eigenvalue weighted by Gasteiger charge is -2.26. The molecule has 0 aliphatic carbocycles. The summed E-state index contributed by atoms with van der Waals surface area (Å²) in [7, 11) is 0. The van der Waals surface area contributed by atoms with Crippen molar-refractivity contribution < 1.29 is 9.53 Å². The Morgan fingerprint density at radius 2 is 2.05 bits per heavy atom. The van der Waals surface area contributed by atoms with E-state index < -0.39 is 11.7 Å². The molecule has 1 rings (SSSR count). The second-order valence-electron chi connectivity index (χ2n) is 6.55. The fourth-order valence-electron chi connectivity index (χ4n) is 1.72. The largest absolute Gasteiger partial charge is 0.444 e. The van der Waals surface area contributed by atoms with Gasteiger partial charge in [0, 0.05) is 18.3 Å². The molecule has 1 atom stereocenters. The molecular weight excluding hydrogens is 304 g/mol. The van der Waals surface area contributed by atoms with Gasteiger partial charge in [0.2, 0.25) is 5.28 Å². The van der Waals surface area contributed by atoms with E-state index in [4.69, 9.17) is 16.3 Å². The highest BCUT2D eigenvalue weighted by Crippen LogP contribution is 2.14. The molecule has 0 fully saturated rings. The average molecular weight is 329 g/mol. The maximum atomic E-state index is 11.9. The molecule has 1 heterocycles. The van der Waals surface area contributed by atoms with Crippen LogP contribution in [-0.4, -0.2) is 34.2 Å².